The predicted octanol–water partition coefficient (Wildman–Crippen LogP) is 6.77. The fourth-order valence-corrected chi connectivity index (χ4v) is 4.19. The SMILES string of the molecule is N#C/C(=C/C=C(\Cl)c1ccc(Br)cc1)c1nc(-c2cc3cc([N+](=O)[O-])ccc3oc2=O)cs1. The van der Waals surface area contributed by atoms with E-state index in [0.717, 1.165) is 10.0 Å². The van der Waals surface area contributed by atoms with E-state index in [-0.39, 0.29) is 22.4 Å². The number of non-ortho nitro benzene ring substituents is 1. The fraction of sp³-hybridized carbons (Fsp3) is 0. The molecule has 162 valence electrons. The highest BCUT2D eigenvalue weighted by atomic mass is 79.9. The Morgan fingerprint density at radius 2 is 1.97 bits per heavy atom. The molecule has 2 aromatic heterocycles. The number of thiazole rings is 1. The summed E-state index contributed by atoms with van der Waals surface area (Å²) in [5.41, 5.74) is 0.986. The molecule has 0 fully saturated rings. The third kappa shape index (κ3) is 4.93. The van der Waals surface area contributed by atoms with Crippen molar-refractivity contribution in [1.82, 2.24) is 4.98 Å². The number of nitro groups is 1. The summed E-state index contributed by atoms with van der Waals surface area (Å²) in [6, 6.07) is 14.9. The van der Waals surface area contributed by atoms with Crippen LogP contribution in [0.4, 0.5) is 5.69 Å². The number of nitro benzene ring substituents is 1. The van der Waals surface area contributed by atoms with Crippen LogP contribution in [-0.2, 0) is 0 Å². The van der Waals surface area contributed by atoms with Crippen molar-refractivity contribution in [2.24, 2.45) is 0 Å². The van der Waals surface area contributed by atoms with Gasteiger partial charge in [-0.15, -0.1) is 11.3 Å². The van der Waals surface area contributed by atoms with E-state index in [4.69, 9.17) is 16.0 Å². The van der Waals surface area contributed by atoms with Crippen LogP contribution in [0.15, 0.2) is 79.7 Å². The van der Waals surface area contributed by atoms with Gasteiger partial charge in [0.15, 0.2) is 0 Å². The molecule has 0 aliphatic heterocycles. The van der Waals surface area contributed by atoms with Crippen LogP contribution in [0.2, 0.25) is 0 Å². The lowest BCUT2D eigenvalue weighted by molar-refractivity contribution is -0.384. The average Bonchev–Trinajstić information content (AvgIpc) is 3.28. The van der Waals surface area contributed by atoms with E-state index < -0.39 is 10.5 Å². The Kier molecular flexibility index (Phi) is 6.51. The minimum atomic E-state index is -0.631. The summed E-state index contributed by atoms with van der Waals surface area (Å²) in [6.07, 6.45) is 3.16. The standard InChI is InChI=1S/C23H11BrClN3O4S/c24-16-4-1-13(2-5-16)19(25)7-3-14(11-26)22-27-20(12-33-22)18-10-15-9-17(28(30)31)6-8-21(15)32-23(18)29/h1-10,12H/b14-3-,19-7-. The molecule has 0 atom stereocenters. The first-order valence-electron chi connectivity index (χ1n) is 9.28. The Morgan fingerprint density at radius 1 is 1.21 bits per heavy atom. The zero-order valence-corrected chi connectivity index (χ0v) is 19.6. The number of nitriles is 1. The van der Waals surface area contributed by atoms with Crippen molar-refractivity contribution in [2.75, 3.05) is 0 Å². The van der Waals surface area contributed by atoms with E-state index >= 15 is 0 Å². The van der Waals surface area contributed by atoms with Crippen LogP contribution in [0.3, 0.4) is 0 Å². The molecule has 7 nitrogen and oxygen atoms in total. The number of hydrogen-bond acceptors (Lipinski definition) is 7. The first-order chi connectivity index (χ1) is 15.9. The van der Waals surface area contributed by atoms with E-state index in [9.17, 15) is 20.2 Å². The van der Waals surface area contributed by atoms with E-state index in [1.807, 2.05) is 24.3 Å². The fourth-order valence-electron chi connectivity index (χ4n) is 2.94. The maximum atomic E-state index is 12.5. The Balaban J connectivity index is 1.69. The molecule has 0 unspecified atom stereocenters. The van der Waals surface area contributed by atoms with Crippen molar-refractivity contribution < 1.29 is 9.34 Å². The summed E-state index contributed by atoms with van der Waals surface area (Å²) >= 11 is 10.9. The largest absolute Gasteiger partial charge is 0.422 e. The minimum Gasteiger partial charge on any atom is -0.422 e. The number of fused-ring (bicyclic) bond motifs is 1. The molecule has 0 amide bonds. The summed E-state index contributed by atoms with van der Waals surface area (Å²) in [7, 11) is 0. The van der Waals surface area contributed by atoms with Gasteiger partial charge in [-0.05, 0) is 42.0 Å². The van der Waals surface area contributed by atoms with Crippen molar-refractivity contribution >= 4 is 66.1 Å². The number of halogens is 2. The first kappa shape index (κ1) is 22.6. The Hall–Kier alpha value is -3.58. The molecule has 2 aromatic carbocycles. The smallest absolute Gasteiger partial charge is 0.345 e. The van der Waals surface area contributed by atoms with E-state index in [2.05, 4.69) is 27.0 Å². The monoisotopic (exact) mass is 539 g/mol. The Morgan fingerprint density at radius 3 is 2.67 bits per heavy atom. The molecule has 0 aliphatic rings. The van der Waals surface area contributed by atoms with E-state index in [0.29, 0.717) is 21.1 Å². The molecule has 0 aliphatic carbocycles. The second kappa shape index (κ2) is 9.50. The number of hydrogen-bond donors (Lipinski definition) is 0. The van der Waals surface area contributed by atoms with Crippen molar-refractivity contribution in [3.63, 3.8) is 0 Å². The number of benzene rings is 2. The zero-order chi connectivity index (χ0) is 23.5. The highest BCUT2D eigenvalue weighted by Gasteiger charge is 2.15. The summed E-state index contributed by atoms with van der Waals surface area (Å²) in [6.45, 7) is 0. The summed E-state index contributed by atoms with van der Waals surface area (Å²) in [5.74, 6) is 0. The molecule has 0 saturated carbocycles. The highest BCUT2D eigenvalue weighted by Crippen LogP contribution is 2.28. The maximum Gasteiger partial charge on any atom is 0.345 e. The predicted molar refractivity (Wildman–Crippen MR) is 132 cm³/mol. The highest BCUT2D eigenvalue weighted by molar-refractivity contribution is 9.10. The molecule has 10 heteroatoms. The van der Waals surface area contributed by atoms with Gasteiger partial charge >= 0.3 is 5.63 Å². The molecule has 4 rings (SSSR count). The number of rotatable bonds is 5. The summed E-state index contributed by atoms with van der Waals surface area (Å²) in [4.78, 5) is 27.4. The van der Waals surface area contributed by atoms with Crippen LogP contribution in [0.5, 0.6) is 0 Å². The van der Waals surface area contributed by atoms with Gasteiger partial charge in [0.25, 0.3) is 5.69 Å². The topological polar surface area (TPSA) is 110 Å². The quantitative estimate of drug-likeness (QED) is 0.0907. The van der Waals surface area contributed by atoms with Crippen LogP contribution in [-0.4, -0.2) is 9.91 Å². The van der Waals surface area contributed by atoms with Gasteiger partial charge in [0.05, 0.1) is 21.8 Å². The molecule has 0 bridgehead atoms. The number of allylic oxidation sites excluding steroid dienone is 3. The molecule has 4 aromatic rings. The molecule has 0 saturated heterocycles. The molecule has 0 spiro atoms. The maximum absolute atomic E-state index is 12.5. The molecule has 33 heavy (non-hydrogen) atoms. The van der Waals surface area contributed by atoms with Gasteiger partial charge in [0.2, 0.25) is 0 Å². The van der Waals surface area contributed by atoms with E-state index in [1.54, 1.807) is 17.5 Å². The average molecular weight is 541 g/mol. The van der Waals surface area contributed by atoms with Gasteiger partial charge < -0.3 is 4.42 Å². The summed E-state index contributed by atoms with van der Waals surface area (Å²) in [5, 5.41) is 23.5. The van der Waals surface area contributed by atoms with Crippen molar-refractivity contribution in [3.05, 3.63) is 102 Å². The van der Waals surface area contributed by atoms with Crippen LogP contribution in [0, 0.1) is 21.4 Å². The Bertz CT molecular complexity index is 1550. The lowest BCUT2D eigenvalue weighted by Crippen LogP contribution is -2.03. The van der Waals surface area contributed by atoms with Crippen molar-refractivity contribution in [1.29, 1.82) is 5.26 Å². The molecule has 0 radical (unpaired) electrons. The van der Waals surface area contributed by atoms with E-state index in [1.165, 1.54) is 35.6 Å². The lowest BCUT2D eigenvalue weighted by atomic mass is 10.1. The molecule has 0 N–H and O–H groups in total. The van der Waals surface area contributed by atoms with Crippen molar-refractivity contribution in [2.45, 2.75) is 0 Å². The molecular formula is C23H11BrClN3O4S. The third-order valence-corrected chi connectivity index (χ3v) is 6.32. The molecular weight excluding hydrogens is 530 g/mol. The van der Waals surface area contributed by atoms with Gasteiger partial charge in [-0.1, -0.05) is 39.7 Å². The second-order valence-electron chi connectivity index (χ2n) is 6.68. The van der Waals surface area contributed by atoms with Gasteiger partial charge in [0, 0.05) is 32.4 Å². The van der Waals surface area contributed by atoms with Crippen LogP contribution < -0.4 is 5.63 Å². The van der Waals surface area contributed by atoms with Gasteiger partial charge in [-0.25, -0.2) is 9.78 Å². The van der Waals surface area contributed by atoms with Gasteiger partial charge in [-0.3, -0.25) is 10.1 Å². The minimum absolute atomic E-state index is 0.120. The normalized spacial score (nSPS) is 12.0. The molecule has 2 heterocycles. The Labute approximate surface area is 204 Å². The lowest BCUT2D eigenvalue weighted by Gasteiger charge is -2.00. The number of aromatic nitrogens is 1. The van der Waals surface area contributed by atoms with Gasteiger partial charge in [-0.2, -0.15) is 5.26 Å². The second-order valence-corrected chi connectivity index (χ2v) is 8.86. The van der Waals surface area contributed by atoms with Crippen LogP contribution in [0.1, 0.15) is 10.6 Å². The van der Waals surface area contributed by atoms with Gasteiger partial charge in [0.1, 0.15) is 16.7 Å². The zero-order valence-electron chi connectivity index (χ0n) is 16.5. The number of nitrogens with zero attached hydrogens (tertiary/aromatic N) is 3. The first-order valence-corrected chi connectivity index (χ1v) is 11.3. The summed E-state index contributed by atoms with van der Waals surface area (Å²) < 4.78 is 6.21. The van der Waals surface area contributed by atoms with Crippen LogP contribution in [0.25, 0.3) is 32.8 Å². The van der Waals surface area contributed by atoms with Crippen LogP contribution >= 0.6 is 38.9 Å². The third-order valence-electron chi connectivity index (χ3n) is 4.57. The van der Waals surface area contributed by atoms with Crippen molar-refractivity contribution in [3.8, 4) is 17.3 Å².